The van der Waals surface area contributed by atoms with Gasteiger partial charge in [-0.05, 0) is 12.1 Å². The Bertz CT molecular complexity index is 594. The van der Waals surface area contributed by atoms with Gasteiger partial charge in [-0.15, -0.1) is 11.6 Å². The van der Waals surface area contributed by atoms with E-state index < -0.39 is 11.9 Å². The van der Waals surface area contributed by atoms with Crippen molar-refractivity contribution in [3.05, 3.63) is 29.3 Å². The van der Waals surface area contributed by atoms with Crippen molar-refractivity contribution < 1.29 is 14.4 Å². The standard InChI is InChI=1S/C14H15Cl2N3O3/c15-8-13(21)19-6-5-17-14(22)11(19)7-12(20)18-10-4-2-1-3-9(10)16/h1-4,11H,5-8H2,(H,17,22)(H,18,20)/t11-/m0/s1. The van der Waals surface area contributed by atoms with E-state index in [9.17, 15) is 14.4 Å². The molecule has 1 aliphatic heterocycles. The van der Waals surface area contributed by atoms with Crippen molar-refractivity contribution in [2.24, 2.45) is 0 Å². The van der Waals surface area contributed by atoms with Crippen LogP contribution in [0.2, 0.25) is 5.02 Å². The number of carbonyl (C=O) groups excluding carboxylic acids is 3. The lowest BCUT2D eigenvalue weighted by Crippen LogP contribution is -2.58. The summed E-state index contributed by atoms with van der Waals surface area (Å²) in [5, 5.41) is 5.67. The minimum absolute atomic E-state index is 0.153. The molecule has 2 rings (SSSR count). The lowest BCUT2D eigenvalue weighted by atomic mass is 10.1. The van der Waals surface area contributed by atoms with Gasteiger partial charge in [0.1, 0.15) is 11.9 Å². The molecule has 0 aromatic heterocycles. The molecule has 0 radical (unpaired) electrons. The average molecular weight is 344 g/mol. The molecule has 1 saturated heterocycles. The predicted molar refractivity (Wildman–Crippen MR) is 83.9 cm³/mol. The van der Waals surface area contributed by atoms with E-state index in [1.165, 1.54) is 4.90 Å². The summed E-state index contributed by atoms with van der Waals surface area (Å²) < 4.78 is 0. The molecule has 0 aliphatic carbocycles. The maximum atomic E-state index is 12.1. The maximum absolute atomic E-state index is 12.1. The molecule has 6 nitrogen and oxygen atoms in total. The minimum atomic E-state index is -0.859. The Labute approximate surface area is 137 Å². The van der Waals surface area contributed by atoms with E-state index in [2.05, 4.69) is 10.6 Å². The van der Waals surface area contributed by atoms with Gasteiger partial charge in [-0.2, -0.15) is 0 Å². The van der Waals surface area contributed by atoms with E-state index in [-0.39, 0.29) is 24.1 Å². The van der Waals surface area contributed by atoms with Gasteiger partial charge >= 0.3 is 0 Å². The SMILES string of the molecule is O=C(C[C@H]1C(=O)NCCN1C(=O)CCl)Nc1ccccc1Cl. The van der Waals surface area contributed by atoms with Gasteiger partial charge in [-0.3, -0.25) is 14.4 Å². The van der Waals surface area contributed by atoms with Gasteiger partial charge in [0.25, 0.3) is 0 Å². The number of piperazine rings is 1. The molecule has 1 aromatic carbocycles. The van der Waals surface area contributed by atoms with Gasteiger partial charge in [-0.25, -0.2) is 0 Å². The molecule has 0 unspecified atom stereocenters. The molecule has 8 heteroatoms. The number of hydrogen-bond donors (Lipinski definition) is 2. The summed E-state index contributed by atoms with van der Waals surface area (Å²) in [5.74, 6) is -1.36. The Morgan fingerprint density at radius 1 is 1.36 bits per heavy atom. The first-order chi connectivity index (χ1) is 10.5. The smallest absolute Gasteiger partial charge is 0.243 e. The Morgan fingerprint density at radius 2 is 2.09 bits per heavy atom. The van der Waals surface area contributed by atoms with Crippen LogP contribution in [0.25, 0.3) is 0 Å². The molecule has 1 fully saturated rings. The lowest BCUT2D eigenvalue weighted by molar-refractivity contribution is -0.143. The summed E-state index contributed by atoms with van der Waals surface area (Å²) in [6.45, 7) is 0.686. The second-order valence-electron chi connectivity index (χ2n) is 4.76. The quantitative estimate of drug-likeness (QED) is 0.807. The third-order valence-electron chi connectivity index (χ3n) is 3.29. The number of para-hydroxylation sites is 1. The number of nitrogens with zero attached hydrogens (tertiary/aromatic N) is 1. The van der Waals surface area contributed by atoms with Crippen LogP contribution in [0.15, 0.2) is 24.3 Å². The molecule has 0 spiro atoms. The second kappa shape index (κ2) is 7.47. The Hall–Kier alpha value is -1.79. The Kier molecular flexibility index (Phi) is 5.63. The van der Waals surface area contributed by atoms with Crippen LogP contribution >= 0.6 is 23.2 Å². The first-order valence-corrected chi connectivity index (χ1v) is 7.61. The molecule has 1 heterocycles. The molecule has 118 valence electrons. The van der Waals surface area contributed by atoms with Crippen molar-refractivity contribution in [3.63, 3.8) is 0 Å². The number of benzene rings is 1. The van der Waals surface area contributed by atoms with E-state index >= 15 is 0 Å². The fourth-order valence-electron chi connectivity index (χ4n) is 2.23. The summed E-state index contributed by atoms with van der Waals surface area (Å²) in [7, 11) is 0. The van der Waals surface area contributed by atoms with Crippen LogP contribution in [0.5, 0.6) is 0 Å². The average Bonchev–Trinajstić information content (AvgIpc) is 2.51. The Balaban J connectivity index is 2.06. The van der Waals surface area contributed by atoms with Crippen molar-refractivity contribution in [3.8, 4) is 0 Å². The number of carbonyl (C=O) groups is 3. The second-order valence-corrected chi connectivity index (χ2v) is 5.43. The first-order valence-electron chi connectivity index (χ1n) is 6.70. The number of alkyl halides is 1. The van der Waals surface area contributed by atoms with Gasteiger partial charge in [-0.1, -0.05) is 23.7 Å². The highest BCUT2D eigenvalue weighted by Crippen LogP contribution is 2.21. The van der Waals surface area contributed by atoms with E-state index in [1.54, 1.807) is 24.3 Å². The number of rotatable bonds is 4. The zero-order valence-corrected chi connectivity index (χ0v) is 13.2. The molecule has 22 heavy (non-hydrogen) atoms. The van der Waals surface area contributed by atoms with Gasteiger partial charge in [0.05, 0.1) is 17.1 Å². The number of anilines is 1. The molecular formula is C14H15Cl2N3O3. The maximum Gasteiger partial charge on any atom is 0.243 e. The molecule has 0 bridgehead atoms. The lowest BCUT2D eigenvalue weighted by Gasteiger charge is -2.34. The van der Waals surface area contributed by atoms with Crippen molar-refractivity contribution in [1.82, 2.24) is 10.2 Å². The fraction of sp³-hybridized carbons (Fsp3) is 0.357. The van der Waals surface area contributed by atoms with Crippen LogP contribution in [-0.2, 0) is 14.4 Å². The van der Waals surface area contributed by atoms with Crippen LogP contribution in [0.4, 0.5) is 5.69 Å². The number of hydrogen-bond acceptors (Lipinski definition) is 3. The molecular weight excluding hydrogens is 329 g/mol. The van der Waals surface area contributed by atoms with Crippen molar-refractivity contribution in [2.45, 2.75) is 12.5 Å². The van der Waals surface area contributed by atoms with E-state index in [4.69, 9.17) is 23.2 Å². The third kappa shape index (κ3) is 3.90. The van der Waals surface area contributed by atoms with Crippen LogP contribution in [-0.4, -0.2) is 47.6 Å². The third-order valence-corrected chi connectivity index (χ3v) is 3.85. The van der Waals surface area contributed by atoms with Crippen LogP contribution < -0.4 is 10.6 Å². The molecule has 1 aliphatic rings. The fourth-order valence-corrected chi connectivity index (χ4v) is 2.57. The van der Waals surface area contributed by atoms with E-state index in [1.807, 2.05) is 0 Å². The van der Waals surface area contributed by atoms with Crippen LogP contribution in [0.3, 0.4) is 0 Å². The highest BCUT2D eigenvalue weighted by molar-refractivity contribution is 6.33. The zero-order chi connectivity index (χ0) is 16.1. The normalized spacial score (nSPS) is 17.8. The van der Waals surface area contributed by atoms with Gasteiger partial charge in [0, 0.05) is 13.1 Å². The molecule has 0 saturated carbocycles. The predicted octanol–water partition coefficient (Wildman–Crippen LogP) is 1.23. The van der Waals surface area contributed by atoms with E-state index in [0.717, 1.165) is 0 Å². The minimum Gasteiger partial charge on any atom is -0.353 e. The summed E-state index contributed by atoms with van der Waals surface area (Å²) in [6.07, 6.45) is -0.153. The summed E-state index contributed by atoms with van der Waals surface area (Å²) >= 11 is 11.5. The highest BCUT2D eigenvalue weighted by Gasteiger charge is 2.34. The molecule has 2 N–H and O–H groups in total. The molecule has 1 atom stereocenters. The highest BCUT2D eigenvalue weighted by atomic mass is 35.5. The van der Waals surface area contributed by atoms with Crippen molar-refractivity contribution >= 4 is 46.6 Å². The summed E-state index contributed by atoms with van der Waals surface area (Å²) in [6, 6.07) is 5.92. The van der Waals surface area contributed by atoms with E-state index in [0.29, 0.717) is 23.8 Å². The topological polar surface area (TPSA) is 78.5 Å². The first kappa shape index (κ1) is 16.6. The zero-order valence-electron chi connectivity index (χ0n) is 11.6. The van der Waals surface area contributed by atoms with Gasteiger partial charge in [0.2, 0.25) is 17.7 Å². The number of halogens is 2. The Morgan fingerprint density at radius 3 is 2.77 bits per heavy atom. The van der Waals surface area contributed by atoms with Crippen LogP contribution in [0, 0.1) is 0 Å². The van der Waals surface area contributed by atoms with Crippen LogP contribution in [0.1, 0.15) is 6.42 Å². The number of nitrogens with one attached hydrogen (secondary N) is 2. The summed E-state index contributed by atoms with van der Waals surface area (Å²) in [4.78, 5) is 37.1. The number of amides is 3. The summed E-state index contributed by atoms with van der Waals surface area (Å²) in [5.41, 5.74) is 0.459. The van der Waals surface area contributed by atoms with Gasteiger partial charge in [0.15, 0.2) is 0 Å². The van der Waals surface area contributed by atoms with Gasteiger partial charge < -0.3 is 15.5 Å². The molecule has 3 amide bonds. The molecule has 1 aromatic rings. The van der Waals surface area contributed by atoms with Crippen molar-refractivity contribution in [1.29, 1.82) is 0 Å². The largest absolute Gasteiger partial charge is 0.353 e. The van der Waals surface area contributed by atoms with Crippen molar-refractivity contribution in [2.75, 3.05) is 24.3 Å². The monoisotopic (exact) mass is 343 g/mol.